The Bertz CT molecular complexity index is 304. The van der Waals surface area contributed by atoms with Crippen LogP contribution in [0.2, 0.25) is 0 Å². The molecule has 1 aliphatic rings. The Kier molecular flexibility index (Phi) is 4.57. The molecule has 0 aromatic carbocycles. The van der Waals surface area contributed by atoms with Crippen LogP contribution >= 0.6 is 0 Å². The molecular weight excluding hydrogens is 214 g/mol. The molecule has 17 heavy (non-hydrogen) atoms. The average Bonchev–Trinajstić information content (AvgIpc) is 2.89. The first-order chi connectivity index (χ1) is 8.35. The van der Waals surface area contributed by atoms with Gasteiger partial charge in [0.1, 0.15) is 5.82 Å². The summed E-state index contributed by atoms with van der Waals surface area (Å²) < 4.78 is 0. The molecule has 0 aliphatic heterocycles. The van der Waals surface area contributed by atoms with Gasteiger partial charge in [-0.2, -0.15) is 0 Å². The van der Waals surface area contributed by atoms with Crippen LogP contribution in [0.1, 0.15) is 37.9 Å². The molecule has 1 aliphatic carbocycles. The predicted molar refractivity (Wildman–Crippen MR) is 67.8 cm³/mol. The van der Waals surface area contributed by atoms with E-state index in [1.807, 2.05) is 6.20 Å². The molecule has 0 radical (unpaired) electrons. The van der Waals surface area contributed by atoms with Crippen molar-refractivity contribution in [1.29, 1.82) is 0 Å². The van der Waals surface area contributed by atoms with Crippen LogP contribution in [0.4, 0.5) is 0 Å². The van der Waals surface area contributed by atoms with Crippen molar-refractivity contribution in [3.05, 3.63) is 18.2 Å². The first-order valence-corrected chi connectivity index (χ1v) is 6.64. The van der Waals surface area contributed by atoms with Crippen LogP contribution in [0.5, 0.6) is 0 Å². The van der Waals surface area contributed by atoms with Gasteiger partial charge in [0.2, 0.25) is 0 Å². The zero-order valence-corrected chi connectivity index (χ0v) is 10.4. The highest BCUT2D eigenvalue weighted by molar-refractivity contribution is 4.88. The van der Waals surface area contributed by atoms with E-state index in [1.54, 1.807) is 6.20 Å². The molecule has 1 fully saturated rings. The van der Waals surface area contributed by atoms with E-state index >= 15 is 0 Å². The van der Waals surface area contributed by atoms with Crippen molar-refractivity contribution in [2.45, 2.75) is 38.5 Å². The summed E-state index contributed by atoms with van der Waals surface area (Å²) >= 11 is 0. The molecule has 0 bridgehead atoms. The van der Waals surface area contributed by atoms with Gasteiger partial charge in [0.15, 0.2) is 0 Å². The van der Waals surface area contributed by atoms with Crippen molar-refractivity contribution < 1.29 is 5.11 Å². The molecule has 4 nitrogen and oxygen atoms in total. The van der Waals surface area contributed by atoms with Crippen molar-refractivity contribution in [2.24, 2.45) is 5.41 Å². The Morgan fingerprint density at radius 3 is 2.82 bits per heavy atom. The summed E-state index contributed by atoms with van der Waals surface area (Å²) in [5, 5.41) is 13.0. The van der Waals surface area contributed by atoms with Gasteiger partial charge in [-0.1, -0.05) is 19.3 Å². The maximum Gasteiger partial charge on any atom is 0.107 e. The largest absolute Gasteiger partial charge is 0.396 e. The van der Waals surface area contributed by atoms with Crippen LogP contribution in [0.25, 0.3) is 0 Å². The molecule has 1 saturated carbocycles. The van der Waals surface area contributed by atoms with Crippen LogP contribution in [0.3, 0.4) is 0 Å². The number of aliphatic hydroxyl groups is 1. The Morgan fingerprint density at radius 2 is 2.18 bits per heavy atom. The topological polar surface area (TPSA) is 60.9 Å². The summed E-state index contributed by atoms with van der Waals surface area (Å²) in [5.41, 5.74) is 0.140. The lowest BCUT2D eigenvalue weighted by atomic mass is 9.74. The van der Waals surface area contributed by atoms with E-state index in [1.165, 1.54) is 19.3 Å². The summed E-state index contributed by atoms with van der Waals surface area (Å²) in [4.78, 5) is 7.29. The normalized spacial score (nSPS) is 19.4. The SMILES string of the molecule is OCC1(CNCCc2ncc[nH]2)CCCCC1. The molecule has 3 N–H and O–H groups in total. The van der Waals surface area contributed by atoms with E-state index < -0.39 is 0 Å². The van der Waals surface area contributed by atoms with Crippen molar-refractivity contribution >= 4 is 0 Å². The number of aliphatic hydroxyl groups excluding tert-OH is 1. The highest BCUT2D eigenvalue weighted by Crippen LogP contribution is 2.35. The molecule has 96 valence electrons. The van der Waals surface area contributed by atoms with Gasteiger partial charge in [0, 0.05) is 43.9 Å². The fraction of sp³-hybridized carbons (Fsp3) is 0.769. The van der Waals surface area contributed by atoms with Crippen molar-refractivity contribution in [1.82, 2.24) is 15.3 Å². The van der Waals surface area contributed by atoms with Gasteiger partial charge >= 0.3 is 0 Å². The Hall–Kier alpha value is -0.870. The molecule has 0 spiro atoms. The van der Waals surface area contributed by atoms with Crippen LogP contribution in [-0.4, -0.2) is 34.8 Å². The van der Waals surface area contributed by atoms with Crippen molar-refractivity contribution in [3.63, 3.8) is 0 Å². The average molecular weight is 237 g/mol. The maximum absolute atomic E-state index is 9.57. The van der Waals surface area contributed by atoms with E-state index in [-0.39, 0.29) is 5.41 Å². The molecule has 1 aromatic heterocycles. The molecule has 0 amide bonds. The predicted octanol–water partition coefficient (Wildman–Crippen LogP) is 1.48. The minimum atomic E-state index is 0.140. The van der Waals surface area contributed by atoms with Crippen LogP contribution in [0, 0.1) is 5.41 Å². The highest BCUT2D eigenvalue weighted by Gasteiger charge is 2.30. The summed E-state index contributed by atoms with van der Waals surface area (Å²) in [5.74, 6) is 1.03. The third-order valence-corrected chi connectivity index (χ3v) is 3.84. The van der Waals surface area contributed by atoms with Gasteiger partial charge in [0.25, 0.3) is 0 Å². The quantitative estimate of drug-likeness (QED) is 0.657. The fourth-order valence-corrected chi connectivity index (χ4v) is 2.69. The smallest absolute Gasteiger partial charge is 0.107 e. The van der Waals surface area contributed by atoms with E-state index in [4.69, 9.17) is 0 Å². The number of aromatic amines is 1. The number of nitrogens with one attached hydrogen (secondary N) is 2. The number of nitrogens with zero attached hydrogens (tertiary/aromatic N) is 1. The second-order valence-electron chi connectivity index (χ2n) is 5.18. The number of aromatic nitrogens is 2. The molecule has 2 rings (SSSR count). The minimum Gasteiger partial charge on any atom is -0.396 e. The van der Waals surface area contributed by atoms with Gasteiger partial charge in [-0.25, -0.2) is 4.98 Å². The third kappa shape index (κ3) is 3.54. The summed E-state index contributed by atoms with van der Waals surface area (Å²) in [7, 11) is 0. The van der Waals surface area contributed by atoms with Gasteiger partial charge < -0.3 is 15.4 Å². The Morgan fingerprint density at radius 1 is 1.35 bits per heavy atom. The lowest BCUT2D eigenvalue weighted by molar-refractivity contribution is 0.0816. The molecule has 0 saturated heterocycles. The van der Waals surface area contributed by atoms with Gasteiger partial charge in [-0.15, -0.1) is 0 Å². The summed E-state index contributed by atoms with van der Waals surface area (Å²) in [6.45, 7) is 2.18. The van der Waals surface area contributed by atoms with E-state index in [0.717, 1.165) is 38.2 Å². The molecule has 1 aromatic rings. The minimum absolute atomic E-state index is 0.140. The molecule has 0 atom stereocenters. The van der Waals surface area contributed by atoms with Crippen LogP contribution in [0.15, 0.2) is 12.4 Å². The summed E-state index contributed by atoms with van der Waals surface area (Å²) in [6, 6.07) is 0. The Labute approximate surface area is 103 Å². The molecular formula is C13H23N3O. The zero-order valence-electron chi connectivity index (χ0n) is 10.4. The lowest BCUT2D eigenvalue weighted by Crippen LogP contribution is -2.39. The summed E-state index contributed by atoms with van der Waals surface area (Å²) in [6.07, 6.45) is 10.7. The van der Waals surface area contributed by atoms with Gasteiger partial charge in [-0.3, -0.25) is 0 Å². The third-order valence-electron chi connectivity index (χ3n) is 3.84. The standard InChI is InChI=1S/C13H23N3O/c17-11-13(5-2-1-3-6-13)10-14-7-4-12-15-8-9-16-12/h8-9,14,17H,1-7,10-11H2,(H,15,16). The first-order valence-electron chi connectivity index (χ1n) is 6.64. The van der Waals surface area contributed by atoms with Crippen LogP contribution in [-0.2, 0) is 6.42 Å². The number of imidazole rings is 1. The second kappa shape index (κ2) is 6.17. The maximum atomic E-state index is 9.57. The monoisotopic (exact) mass is 237 g/mol. The molecule has 1 heterocycles. The fourth-order valence-electron chi connectivity index (χ4n) is 2.69. The lowest BCUT2D eigenvalue weighted by Gasteiger charge is -2.35. The van der Waals surface area contributed by atoms with E-state index in [0.29, 0.717) is 6.61 Å². The van der Waals surface area contributed by atoms with E-state index in [2.05, 4.69) is 15.3 Å². The number of hydrogen-bond acceptors (Lipinski definition) is 3. The first kappa shape index (κ1) is 12.6. The van der Waals surface area contributed by atoms with Crippen molar-refractivity contribution in [2.75, 3.05) is 19.7 Å². The number of hydrogen-bond donors (Lipinski definition) is 3. The zero-order chi connectivity index (χ0) is 12.0. The molecule has 0 unspecified atom stereocenters. The number of rotatable bonds is 6. The van der Waals surface area contributed by atoms with Gasteiger partial charge in [0.05, 0.1) is 0 Å². The van der Waals surface area contributed by atoms with Crippen LogP contribution < -0.4 is 5.32 Å². The van der Waals surface area contributed by atoms with Gasteiger partial charge in [-0.05, 0) is 12.8 Å². The van der Waals surface area contributed by atoms with E-state index in [9.17, 15) is 5.11 Å². The second-order valence-corrected chi connectivity index (χ2v) is 5.18. The highest BCUT2D eigenvalue weighted by atomic mass is 16.3. The molecule has 4 heteroatoms. The number of H-pyrrole nitrogens is 1. The Balaban J connectivity index is 1.69. The van der Waals surface area contributed by atoms with Crippen molar-refractivity contribution in [3.8, 4) is 0 Å².